The summed E-state index contributed by atoms with van der Waals surface area (Å²) in [5, 5.41) is 3.14. The van der Waals surface area contributed by atoms with Gasteiger partial charge in [-0.2, -0.15) is 13.2 Å². The van der Waals surface area contributed by atoms with Gasteiger partial charge < -0.3 is 15.1 Å². The number of anilines is 1. The number of hydrogen-bond donors (Lipinski definition) is 1. The molecule has 1 amide bonds. The van der Waals surface area contributed by atoms with E-state index in [1.807, 2.05) is 23.9 Å². The standard InChI is InChI=1S/C23H35F3N4O/c1-28(2)17-22(31)27-20-8-6-18(7-9-20)10-11-29-12-14-30(15-13-29)21-5-3-4-19(16-21)23(24,25)26/h3-5,16,18,20H,6-15,17H2,1-2H3,(H,27,31). The maximum absolute atomic E-state index is 13.0. The maximum atomic E-state index is 13.0. The van der Waals surface area contributed by atoms with E-state index in [-0.39, 0.29) is 5.91 Å². The van der Waals surface area contributed by atoms with E-state index in [1.165, 1.54) is 12.1 Å². The smallest absolute Gasteiger partial charge is 0.369 e. The number of piperazine rings is 1. The molecule has 174 valence electrons. The van der Waals surface area contributed by atoms with Crippen molar-refractivity contribution >= 4 is 11.6 Å². The molecule has 1 aromatic carbocycles. The average molecular weight is 441 g/mol. The number of nitrogens with one attached hydrogen (secondary N) is 1. The normalized spacial score (nSPS) is 23.2. The van der Waals surface area contributed by atoms with Crippen molar-refractivity contribution in [3.05, 3.63) is 29.8 Å². The van der Waals surface area contributed by atoms with E-state index < -0.39 is 11.7 Å². The van der Waals surface area contributed by atoms with Crippen molar-refractivity contribution in [3.8, 4) is 0 Å². The molecule has 3 rings (SSSR count). The number of nitrogens with zero attached hydrogens (tertiary/aromatic N) is 3. The summed E-state index contributed by atoms with van der Waals surface area (Å²) in [6.45, 7) is 4.75. The Hall–Kier alpha value is -1.80. The first-order valence-corrected chi connectivity index (χ1v) is 11.3. The molecule has 1 saturated heterocycles. The van der Waals surface area contributed by atoms with Gasteiger partial charge in [0.15, 0.2) is 0 Å². The van der Waals surface area contributed by atoms with E-state index in [4.69, 9.17) is 0 Å². The molecule has 1 heterocycles. The van der Waals surface area contributed by atoms with Crippen LogP contribution in [0.1, 0.15) is 37.7 Å². The van der Waals surface area contributed by atoms with Crippen molar-refractivity contribution in [2.75, 3.05) is 58.3 Å². The molecule has 1 N–H and O–H groups in total. The van der Waals surface area contributed by atoms with Gasteiger partial charge in [-0.25, -0.2) is 0 Å². The fourth-order valence-corrected chi connectivity index (χ4v) is 4.63. The molecule has 1 aliphatic carbocycles. The van der Waals surface area contributed by atoms with E-state index in [2.05, 4.69) is 10.2 Å². The lowest BCUT2D eigenvalue weighted by atomic mass is 9.84. The van der Waals surface area contributed by atoms with Crippen molar-refractivity contribution in [1.29, 1.82) is 0 Å². The molecule has 1 aromatic rings. The third-order valence-corrected chi connectivity index (χ3v) is 6.44. The minimum atomic E-state index is -4.30. The summed E-state index contributed by atoms with van der Waals surface area (Å²) in [6.07, 6.45) is 1.25. The zero-order valence-corrected chi connectivity index (χ0v) is 18.6. The summed E-state index contributed by atoms with van der Waals surface area (Å²) in [6, 6.07) is 5.94. The van der Waals surface area contributed by atoms with Gasteiger partial charge in [0.2, 0.25) is 5.91 Å². The van der Waals surface area contributed by atoms with Crippen molar-refractivity contribution in [1.82, 2.24) is 15.1 Å². The highest BCUT2D eigenvalue weighted by molar-refractivity contribution is 5.78. The molecule has 8 heteroatoms. The number of carbonyl (C=O) groups is 1. The second-order valence-corrected chi connectivity index (χ2v) is 9.19. The van der Waals surface area contributed by atoms with Crippen LogP contribution in [0.5, 0.6) is 0 Å². The number of carbonyl (C=O) groups excluding carboxylic acids is 1. The minimum absolute atomic E-state index is 0.104. The Morgan fingerprint density at radius 2 is 1.77 bits per heavy atom. The van der Waals surface area contributed by atoms with Gasteiger partial charge in [-0.3, -0.25) is 9.69 Å². The molecule has 0 atom stereocenters. The number of rotatable bonds is 7. The van der Waals surface area contributed by atoms with Gasteiger partial charge in [0, 0.05) is 37.9 Å². The molecule has 2 aliphatic rings. The third kappa shape index (κ3) is 7.38. The molecule has 2 fully saturated rings. The number of amides is 1. The van der Waals surface area contributed by atoms with E-state index >= 15 is 0 Å². The van der Waals surface area contributed by atoms with Crippen LogP contribution in [0.3, 0.4) is 0 Å². The molecule has 1 saturated carbocycles. The van der Waals surface area contributed by atoms with Crippen molar-refractivity contribution < 1.29 is 18.0 Å². The molecular weight excluding hydrogens is 405 g/mol. The summed E-state index contributed by atoms with van der Waals surface area (Å²) < 4.78 is 38.9. The Bertz CT molecular complexity index is 709. The minimum Gasteiger partial charge on any atom is -0.369 e. The molecule has 5 nitrogen and oxygen atoms in total. The Labute approximate surface area is 183 Å². The second-order valence-electron chi connectivity index (χ2n) is 9.19. The Morgan fingerprint density at radius 1 is 1.10 bits per heavy atom. The summed E-state index contributed by atoms with van der Waals surface area (Å²) in [7, 11) is 3.80. The van der Waals surface area contributed by atoms with Gasteiger partial charge in [0.1, 0.15) is 0 Å². The van der Waals surface area contributed by atoms with E-state index in [1.54, 1.807) is 6.07 Å². The zero-order valence-electron chi connectivity index (χ0n) is 18.6. The van der Waals surface area contributed by atoms with Crippen molar-refractivity contribution in [3.63, 3.8) is 0 Å². The number of alkyl halides is 3. The van der Waals surface area contributed by atoms with Gasteiger partial charge in [0.05, 0.1) is 12.1 Å². The van der Waals surface area contributed by atoms with Crippen molar-refractivity contribution in [2.45, 2.75) is 44.3 Å². The van der Waals surface area contributed by atoms with E-state index in [0.29, 0.717) is 24.2 Å². The van der Waals surface area contributed by atoms with Gasteiger partial charge in [-0.15, -0.1) is 0 Å². The van der Waals surface area contributed by atoms with Crippen LogP contribution >= 0.6 is 0 Å². The number of benzene rings is 1. The molecule has 0 radical (unpaired) electrons. The van der Waals surface area contributed by atoms with E-state index in [0.717, 1.165) is 70.9 Å². The first-order chi connectivity index (χ1) is 14.7. The van der Waals surface area contributed by atoms with Crippen LogP contribution in [0.15, 0.2) is 24.3 Å². The fourth-order valence-electron chi connectivity index (χ4n) is 4.63. The van der Waals surface area contributed by atoms with Crippen LogP contribution in [-0.4, -0.2) is 75.1 Å². The van der Waals surface area contributed by atoms with Gasteiger partial charge in [-0.1, -0.05) is 6.07 Å². The first-order valence-electron chi connectivity index (χ1n) is 11.3. The quantitative estimate of drug-likeness (QED) is 0.705. The molecule has 1 aliphatic heterocycles. The Morgan fingerprint density at radius 3 is 2.39 bits per heavy atom. The summed E-state index contributed by atoms with van der Waals surface area (Å²) >= 11 is 0. The van der Waals surface area contributed by atoms with Crippen LogP contribution < -0.4 is 10.2 Å². The monoisotopic (exact) mass is 440 g/mol. The zero-order chi connectivity index (χ0) is 22.4. The summed E-state index contributed by atoms with van der Waals surface area (Å²) in [4.78, 5) is 18.3. The predicted octanol–water partition coefficient (Wildman–Crippen LogP) is 3.45. The van der Waals surface area contributed by atoms with Crippen molar-refractivity contribution in [2.24, 2.45) is 5.92 Å². The second kappa shape index (κ2) is 10.7. The Balaban J connectivity index is 1.35. The van der Waals surface area contributed by atoms with Crippen LogP contribution in [0.2, 0.25) is 0 Å². The largest absolute Gasteiger partial charge is 0.416 e. The molecule has 0 bridgehead atoms. The lowest BCUT2D eigenvalue weighted by Crippen LogP contribution is -2.47. The lowest BCUT2D eigenvalue weighted by molar-refractivity contribution is -0.137. The molecule has 0 aromatic heterocycles. The van der Waals surface area contributed by atoms with Gasteiger partial charge >= 0.3 is 6.18 Å². The molecule has 31 heavy (non-hydrogen) atoms. The highest BCUT2D eigenvalue weighted by Crippen LogP contribution is 2.32. The number of likely N-dealkylation sites (N-methyl/N-ethyl adjacent to an activating group) is 1. The third-order valence-electron chi connectivity index (χ3n) is 6.44. The van der Waals surface area contributed by atoms with E-state index in [9.17, 15) is 18.0 Å². The maximum Gasteiger partial charge on any atom is 0.416 e. The molecular formula is C23H35F3N4O. The lowest BCUT2D eigenvalue weighted by Gasteiger charge is -2.37. The van der Waals surface area contributed by atoms with Gasteiger partial charge in [0.25, 0.3) is 0 Å². The predicted molar refractivity (Wildman–Crippen MR) is 117 cm³/mol. The Kier molecular flexibility index (Phi) is 8.22. The number of hydrogen-bond acceptors (Lipinski definition) is 4. The highest BCUT2D eigenvalue weighted by Gasteiger charge is 2.31. The molecule has 0 unspecified atom stereocenters. The summed E-state index contributed by atoms with van der Waals surface area (Å²) in [5.74, 6) is 0.801. The topological polar surface area (TPSA) is 38.8 Å². The fraction of sp³-hybridized carbons (Fsp3) is 0.696. The van der Waals surface area contributed by atoms with Gasteiger partial charge in [-0.05, 0) is 76.9 Å². The first kappa shape index (κ1) is 23.9. The van der Waals surface area contributed by atoms with Crippen LogP contribution in [0.25, 0.3) is 0 Å². The van der Waals surface area contributed by atoms with Crippen LogP contribution in [-0.2, 0) is 11.0 Å². The summed E-state index contributed by atoms with van der Waals surface area (Å²) in [5.41, 5.74) is 0.0741. The SMILES string of the molecule is CN(C)CC(=O)NC1CCC(CCN2CCN(c3cccc(C(F)(F)F)c3)CC2)CC1. The molecule has 0 spiro atoms. The number of halogens is 3. The average Bonchev–Trinajstić information content (AvgIpc) is 2.72. The van der Waals surface area contributed by atoms with Crippen LogP contribution in [0, 0.1) is 5.92 Å². The highest BCUT2D eigenvalue weighted by atomic mass is 19.4. The van der Waals surface area contributed by atoms with Crippen LogP contribution in [0.4, 0.5) is 18.9 Å².